The van der Waals surface area contributed by atoms with Crippen LogP contribution in [0.2, 0.25) is 0 Å². The number of hydrogen-bond acceptors (Lipinski definition) is 3. The van der Waals surface area contributed by atoms with Gasteiger partial charge < -0.3 is 20.1 Å². The van der Waals surface area contributed by atoms with Crippen LogP contribution in [0.3, 0.4) is 0 Å². The molecule has 0 saturated heterocycles. The van der Waals surface area contributed by atoms with Crippen molar-refractivity contribution >= 4 is 5.91 Å². The number of carbonyl (C=O) groups is 1. The summed E-state index contributed by atoms with van der Waals surface area (Å²) >= 11 is 0. The Morgan fingerprint density at radius 2 is 2.04 bits per heavy atom. The van der Waals surface area contributed by atoms with Crippen LogP contribution in [0.15, 0.2) is 24.3 Å². The third-order valence-electron chi connectivity index (χ3n) is 4.13. The standard InChI is InChI=1S/C18H24N2O3/c1-4-14-17(13-8-5-6-9-15(13)23-3)16(18(19)22)12(2)20(14)10-7-11-21/h5-6,8-9,21H,4,7,10-11H2,1-3H3,(H2,19,22). The average Bonchev–Trinajstić information content (AvgIpc) is 2.84. The molecule has 0 aliphatic carbocycles. The molecule has 0 unspecified atom stereocenters. The second-order valence-electron chi connectivity index (χ2n) is 5.43. The molecule has 0 fully saturated rings. The second-order valence-corrected chi connectivity index (χ2v) is 5.43. The lowest BCUT2D eigenvalue weighted by Crippen LogP contribution is -2.13. The van der Waals surface area contributed by atoms with E-state index in [1.165, 1.54) is 0 Å². The minimum absolute atomic E-state index is 0.108. The van der Waals surface area contributed by atoms with Gasteiger partial charge in [-0.25, -0.2) is 0 Å². The van der Waals surface area contributed by atoms with E-state index in [9.17, 15) is 4.79 Å². The summed E-state index contributed by atoms with van der Waals surface area (Å²) in [5, 5.41) is 9.14. The van der Waals surface area contributed by atoms with Gasteiger partial charge in [-0.2, -0.15) is 0 Å². The second kappa shape index (κ2) is 7.33. The Balaban J connectivity index is 2.77. The number of nitrogens with zero attached hydrogens (tertiary/aromatic N) is 1. The largest absolute Gasteiger partial charge is 0.496 e. The molecule has 0 bridgehead atoms. The molecular formula is C18H24N2O3. The van der Waals surface area contributed by atoms with Crippen molar-refractivity contribution in [2.45, 2.75) is 33.2 Å². The van der Waals surface area contributed by atoms with E-state index < -0.39 is 5.91 Å². The normalized spacial score (nSPS) is 10.8. The lowest BCUT2D eigenvalue weighted by Gasteiger charge is -2.12. The summed E-state index contributed by atoms with van der Waals surface area (Å²) in [4.78, 5) is 12.1. The minimum Gasteiger partial charge on any atom is -0.496 e. The first-order valence-electron chi connectivity index (χ1n) is 7.82. The van der Waals surface area contributed by atoms with Crippen molar-refractivity contribution in [2.75, 3.05) is 13.7 Å². The maximum atomic E-state index is 12.1. The first-order valence-corrected chi connectivity index (χ1v) is 7.82. The molecule has 3 N–H and O–H groups in total. The summed E-state index contributed by atoms with van der Waals surface area (Å²) < 4.78 is 7.54. The smallest absolute Gasteiger partial charge is 0.251 e. The van der Waals surface area contributed by atoms with Crippen LogP contribution in [0.25, 0.3) is 11.1 Å². The average molecular weight is 316 g/mol. The third-order valence-corrected chi connectivity index (χ3v) is 4.13. The molecule has 0 spiro atoms. The van der Waals surface area contributed by atoms with Crippen LogP contribution in [0.5, 0.6) is 5.75 Å². The first kappa shape index (κ1) is 17.1. The fraction of sp³-hybridized carbons (Fsp3) is 0.389. The van der Waals surface area contributed by atoms with Gasteiger partial charge in [0.2, 0.25) is 0 Å². The monoisotopic (exact) mass is 316 g/mol. The van der Waals surface area contributed by atoms with Gasteiger partial charge in [-0.05, 0) is 25.8 Å². The molecule has 0 radical (unpaired) electrons. The van der Waals surface area contributed by atoms with Crippen molar-refractivity contribution in [3.63, 3.8) is 0 Å². The molecule has 5 heteroatoms. The van der Waals surface area contributed by atoms with Gasteiger partial charge in [0.05, 0.1) is 12.7 Å². The van der Waals surface area contributed by atoms with Crippen molar-refractivity contribution in [2.24, 2.45) is 5.73 Å². The molecule has 23 heavy (non-hydrogen) atoms. The number of primary amides is 1. The molecule has 124 valence electrons. The molecule has 1 heterocycles. The Kier molecular flexibility index (Phi) is 5.45. The summed E-state index contributed by atoms with van der Waals surface area (Å²) in [7, 11) is 1.62. The van der Waals surface area contributed by atoms with E-state index in [2.05, 4.69) is 4.57 Å². The number of benzene rings is 1. The van der Waals surface area contributed by atoms with Gasteiger partial charge >= 0.3 is 0 Å². The van der Waals surface area contributed by atoms with Gasteiger partial charge in [0.15, 0.2) is 0 Å². The van der Waals surface area contributed by atoms with Crippen molar-refractivity contribution in [1.29, 1.82) is 0 Å². The van der Waals surface area contributed by atoms with Gasteiger partial charge in [0.25, 0.3) is 5.91 Å². The predicted molar refractivity (Wildman–Crippen MR) is 90.8 cm³/mol. The Bertz CT molecular complexity index is 705. The number of aliphatic hydroxyl groups excluding tert-OH is 1. The van der Waals surface area contributed by atoms with E-state index in [1.807, 2.05) is 38.1 Å². The number of methoxy groups -OCH3 is 1. The number of hydrogen-bond donors (Lipinski definition) is 2. The summed E-state index contributed by atoms with van der Waals surface area (Å²) in [6, 6.07) is 7.63. The molecule has 2 rings (SSSR count). The summed E-state index contributed by atoms with van der Waals surface area (Å²) in [6.45, 7) is 4.71. The van der Waals surface area contributed by atoms with Crippen LogP contribution in [0.4, 0.5) is 0 Å². The zero-order chi connectivity index (χ0) is 17.0. The molecule has 5 nitrogen and oxygen atoms in total. The van der Waals surface area contributed by atoms with Crippen molar-refractivity contribution in [3.05, 3.63) is 41.2 Å². The van der Waals surface area contributed by atoms with Crippen LogP contribution < -0.4 is 10.5 Å². The molecule has 0 atom stereocenters. The van der Waals surface area contributed by atoms with Crippen LogP contribution in [0.1, 0.15) is 35.1 Å². The topological polar surface area (TPSA) is 77.5 Å². The summed E-state index contributed by atoms with van der Waals surface area (Å²) in [5.41, 5.74) is 9.78. The van der Waals surface area contributed by atoms with E-state index in [0.717, 1.165) is 28.9 Å². The van der Waals surface area contributed by atoms with Gasteiger partial charge in [-0.3, -0.25) is 4.79 Å². The van der Waals surface area contributed by atoms with Crippen LogP contribution in [-0.2, 0) is 13.0 Å². The molecule has 0 aliphatic rings. The fourth-order valence-corrected chi connectivity index (χ4v) is 3.14. The lowest BCUT2D eigenvalue weighted by atomic mass is 9.98. The van der Waals surface area contributed by atoms with Crippen molar-refractivity contribution in [3.8, 4) is 16.9 Å². The van der Waals surface area contributed by atoms with E-state index in [0.29, 0.717) is 24.3 Å². The number of nitrogens with two attached hydrogens (primary N) is 1. The highest BCUT2D eigenvalue weighted by atomic mass is 16.5. The lowest BCUT2D eigenvalue weighted by molar-refractivity contribution is 0.1000. The highest BCUT2D eigenvalue weighted by Crippen LogP contribution is 2.38. The Morgan fingerprint density at radius 1 is 1.35 bits per heavy atom. The highest BCUT2D eigenvalue weighted by molar-refractivity contribution is 6.03. The molecule has 1 aromatic heterocycles. The molecule has 2 aromatic rings. The van der Waals surface area contributed by atoms with Gasteiger partial charge in [0, 0.05) is 35.7 Å². The zero-order valence-corrected chi connectivity index (χ0v) is 13.9. The third kappa shape index (κ3) is 3.10. The number of aromatic nitrogens is 1. The van der Waals surface area contributed by atoms with Crippen LogP contribution >= 0.6 is 0 Å². The van der Waals surface area contributed by atoms with Crippen molar-refractivity contribution in [1.82, 2.24) is 4.57 Å². The van der Waals surface area contributed by atoms with E-state index in [-0.39, 0.29) is 6.61 Å². The van der Waals surface area contributed by atoms with Gasteiger partial charge in [-0.15, -0.1) is 0 Å². The number of aliphatic hydroxyl groups is 1. The van der Waals surface area contributed by atoms with Crippen LogP contribution in [0, 0.1) is 6.92 Å². The number of ether oxygens (including phenoxy) is 1. The molecule has 1 aromatic carbocycles. The maximum Gasteiger partial charge on any atom is 0.251 e. The van der Waals surface area contributed by atoms with Gasteiger partial charge in [0.1, 0.15) is 5.75 Å². The molecular weight excluding hydrogens is 292 g/mol. The molecule has 0 aliphatic heterocycles. The summed E-state index contributed by atoms with van der Waals surface area (Å²) in [5.74, 6) is 0.268. The first-order chi connectivity index (χ1) is 11.1. The van der Waals surface area contributed by atoms with E-state index in [1.54, 1.807) is 7.11 Å². The summed E-state index contributed by atoms with van der Waals surface area (Å²) in [6.07, 6.45) is 1.39. The van der Waals surface area contributed by atoms with E-state index >= 15 is 0 Å². The number of carbonyl (C=O) groups excluding carboxylic acids is 1. The Hall–Kier alpha value is -2.27. The number of rotatable bonds is 7. The van der Waals surface area contributed by atoms with Crippen molar-refractivity contribution < 1.29 is 14.6 Å². The molecule has 1 amide bonds. The fourth-order valence-electron chi connectivity index (χ4n) is 3.14. The Morgan fingerprint density at radius 3 is 2.61 bits per heavy atom. The number of para-hydroxylation sites is 1. The van der Waals surface area contributed by atoms with Crippen LogP contribution in [-0.4, -0.2) is 29.3 Å². The Labute approximate surface area is 136 Å². The molecule has 0 saturated carbocycles. The number of amides is 1. The predicted octanol–water partition coefficient (Wildman–Crippen LogP) is 2.52. The maximum absolute atomic E-state index is 12.1. The zero-order valence-electron chi connectivity index (χ0n) is 13.9. The minimum atomic E-state index is -0.444. The quantitative estimate of drug-likeness (QED) is 0.824. The van der Waals surface area contributed by atoms with Gasteiger partial charge in [-0.1, -0.05) is 25.1 Å². The van der Waals surface area contributed by atoms with E-state index in [4.69, 9.17) is 15.6 Å². The highest BCUT2D eigenvalue weighted by Gasteiger charge is 2.25. The SMILES string of the molecule is CCc1c(-c2ccccc2OC)c(C(N)=O)c(C)n1CCCO.